The molecule has 1 atom stereocenters. The maximum atomic E-state index is 6.04. The molecule has 66 valence electrons. The van der Waals surface area contributed by atoms with Gasteiger partial charge in [0.25, 0.3) is 0 Å². The molecule has 0 aliphatic heterocycles. The molecule has 12 heavy (non-hydrogen) atoms. The third kappa shape index (κ3) is 3.31. The summed E-state index contributed by atoms with van der Waals surface area (Å²) in [5.41, 5.74) is 1.33. The lowest BCUT2D eigenvalue weighted by Crippen LogP contribution is -2.00. The van der Waals surface area contributed by atoms with Gasteiger partial charge in [0.05, 0.1) is 0 Å². The van der Waals surface area contributed by atoms with Gasteiger partial charge in [-0.15, -0.1) is 11.6 Å². The second kappa shape index (κ2) is 5.07. The van der Waals surface area contributed by atoms with Crippen LogP contribution >= 0.6 is 34.2 Å². The van der Waals surface area contributed by atoms with Crippen molar-refractivity contribution in [2.75, 3.05) is 0 Å². The standard InChI is InChI=1S/C10H12ClI/c1-2-9(11)7-8-3-5-10(12)6-4-8/h3-6,9H,2,7H2,1H3. The predicted molar refractivity (Wildman–Crippen MR) is 62.8 cm³/mol. The minimum atomic E-state index is 0.282. The normalized spacial score (nSPS) is 12.9. The molecule has 0 nitrogen and oxygen atoms in total. The molecule has 0 saturated heterocycles. The fourth-order valence-corrected chi connectivity index (χ4v) is 1.56. The molecule has 0 aromatic heterocycles. The summed E-state index contributed by atoms with van der Waals surface area (Å²) in [7, 11) is 0. The summed E-state index contributed by atoms with van der Waals surface area (Å²) in [5.74, 6) is 0. The monoisotopic (exact) mass is 294 g/mol. The van der Waals surface area contributed by atoms with E-state index in [9.17, 15) is 0 Å². The molecule has 0 saturated carbocycles. The summed E-state index contributed by atoms with van der Waals surface area (Å²) in [6.45, 7) is 2.12. The van der Waals surface area contributed by atoms with E-state index in [4.69, 9.17) is 11.6 Å². The summed E-state index contributed by atoms with van der Waals surface area (Å²) in [5, 5.41) is 0.282. The Morgan fingerprint density at radius 2 is 1.92 bits per heavy atom. The highest BCUT2D eigenvalue weighted by Gasteiger charge is 2.01. The van der Waals surface area contributed by atoms with Gasteiger partial charge < -0.3 is 0 Å². The molecule has 1 aromatic rings. The number of rotatable bonds is 3. The second-order valence-corrected chi connectivity index (χ2v) is 4.70. The van der Waals surface area contributed by atoms with Gasteiger partial charge in [-0.3, -0.25) is 0 Å². The Morgan fingerprint density at radius 3 is 2.42 bits per heavy atom. The summed E-state index contributed by atoms with van der Waals surface area (Å²) >= 11 is 8.34. The first kappa shape index (κ1) is 10.3. The number of benzene rings is 1. The van der Waals surface area contributed by atoms with Crippen LogP contribution in [0, 0.1) is 3.57 Å². The van der Waals surface area contributed by atoms with Crippen LogP contribution in [-0.2, 0) is 6.42 Å². The van der Waals surface area contributed by atoms with Crippen LogP contribution in [0.5, 0.6) is 0 Å². The highest BCUT2D eigenvalue weighted by Crippen LogP contribution is 2.12. The lowest BCUT2D eigenvalue weighted by Gasteiger charge is -2.05. The topological polar surface area (TPSA) is 0 Å². The van der Waals surface area contributed by atoms with Crippen LogP contribution in [-0.4, -0.2) is 5.38 Å². The highest BCUT2D eigenvalue weighted by molar-refractivity contribution is 14.1. The molecule has 0 amide bonds. The van der Waals surface area contributed by atoms with Crippen LogP contribution < -0.4 is 0 Å². The molecule has 1 rings (SSSR count). The van der Waals surface area contributed by atoms with Gasteiger partial charge in [0.2, 0.25) is 0 Å². The number of halogens is 2. The third-order valence-electron chi connectivity index (χ3n) is 1.81. The molecule has 1 unspecified atom stereocenters. The van der Waals surface area contributed by atoms with Crippen molar-refractivity contribution in [2.24, 2.45) is 0 Å². The van der Waals surface area contributed by atoms with Gasteiger partial charge in [-0.25, -0.2) is 0 Å². The van der Waals surface area contributed by atoms with E-state index in [1.54, 1.807) is 0 Å². The molecule has 0 fully saturated rings. The van der Waals surface area contributed by atoms with Crippen molar-refractivity contribution in [2.45, 2.75) is 25.1 Å². The Kier molecular flexibility index (Phi) is 4.36. The van der Waals surface area contributed by atoms with Crippen LogP contribution in [0.4, 0.5) is 0 Å². The van der Waals surface area contributed by atoms with E-state index >= 15 is 0 Å². The predicted octanol–water partition coefficient (Wildman–Crippen LogP) is 3.85. The first-order valence-electron chi connectivity index (χ1n) is 4.11. The van der Waals surface area contributed by atoms with E-state index in [1.807, 2.05) is 0 Å². The first-order chi connectivity index (χ1) is 5.72. The largest absolute Gasteiger partial charge is 0.123 e. The van der Waals surface area contributed by atoms with Gasteiger partial charge in [-0.2, -0.15) is 0 Å². The van der Waals surface area contributed by atoms with E-state index < -0.39 is 0 Å². The molecule has 0 heterocycles. The van der Waals surface area contributed by atoms with Crippen molar-refractivity contribution in [3.8, 4) is 0 Å². The van der Waals surface area contributed by atoms with E-state index in [0.717, 1.165) is 12.8 Å². The lowest BCUT2D eigenvalue weighted by atomic mass is 10.1. The zero-order valence-corrected chi connectivity index (χ0v) is 9.97. The Morgan fingerprint density at radius 1 is 1.33 bits per heavy atom. The Labute approximate surface area is 92.5 Å². The van der Waals surface area contributed by atoms with Gasteiger partial charge in [-0.05, 0) is 53.1 Å². The number of hydrogen-bond donors (Lipinski definition) is 0. The minimum Gasteiger partial charge on any atom is -0.123 e. The first-order valence-corrected chi connectivity index (χ1v) is 5.62. The summed E-state index contributed by atoms with van der Waals surface area (Å²) in [6, 6.07) is 8.53. The summed E-state index contributed by atoms with van der Waals surface area (Å²) in [4.78, 5) is 0. The second-order valence-electron chi connectivity index (χ2n) is 2.84. The van der Waals surface area contributed by atoms with Gasteiger partial charge in [0.15, 0.2) is 0 Å². The Hall–Kier alpha value is 0.240. The number of hydrogen-bond acceptors (Lipinski definition) is 0. The Balaban J connectivity index is 2.58. The lowest BCUT2D eigenvalue weighted by molar-refractivity contribution is 0.805. The molecule has 0 radical (unpaired) electrons. The maximum absolute atomic E-state index is 6.04. The van der Waals surface area contributed by atoms with E-state index in [1.165, 1.54) is 9.13 Å². The number of alkyl halides is 1. The smallest absolute Gasteiger partial charge is 0.0373 e. The minimum absolute atomic E-state index is 0.282. The molecular formula is C10H12ClI. The maximum Gasteiger partial charge on any atom is 0.0373 e. The third-order valence-corrected chi connectivity index (χ3v) is 3.00. The molecule has 0 N–H and O–H groups in total. The molecule has 1 aromatic carbocycles. The quantitative estimate of drug-likeness (QED) is 0.587. The molecular weight excluding hydrogens is 282 g/mol. The van der Waals surface area contributed by atoms with Crippen molar-refractivity contribution in [1.29, 1.82) is 0 Å². The molecule has 0 aliphatic carbocycles. The van der Waals surface area contributed by atoms with E-state index in [2.05, 4.69) is 53.8 Å². The van der Waals surface area contributed by atoms with Crippen molar-refractivity contribution >= 4 is 34.2 Å². The van der Waals surface area contributed by atoms with Gasteiger partial charge in [0, 0.05) is 8.95 Å². The zero-order chi connectivity index (χ0) is 8.97. The summed E-state index contributed by atoms with van der Waals surface area (Å²) in [6.07, 6.45) is 2.02. The van der Waals surface area contributed by atoms with Crippen molar-refractivity contribution in [1.82, 2.24) is 0 Å². The van der Waals surface area contributed by atoms with E-state index in [-0.39, 0.29) is 5.38 Å². The van der Waals surface area contributed by atoms with Gasteiger partial charge in [0.1, 0.15) is 0 Å². The molecule has 2 heteroatoms. The van der Waals surface area contributed by atoms with Gasteiger partial charge in [-0.1, -0.05) is 19.1 Å². The average Bonchev–Trinajstić information content (AvgIpc) is 2.09. The van der Waals surface area contributed by atoms with Crippen molar-refractivity contribution < 1.29 is 0 Å². The van der Waals surface area contributed by atoms with Crippen molar-refractivity contribution in [3.05, 3.63) is 33.4 Å². The average molecular weight is 295 g/mol. The van der Waals surface area contributed by atoms with E-state index in [0.29, 0.717) is 0 Å². The fourth-order valence-electron chi connectivity index (χ4n) is 1.02. The van der Waals surface area contributed by atoms with Crippen LogP contribution in [0.3, 0.4) is 0 Å². The van der Waals surface area contributed by atoms with Crippen molar-refractivity contribution in [3.63, 3.8) is 0 Å². The molecule has 0 bridgehead atoms. The SMILES string of the molecule is CCC(Cl)Cc1ccc(I)cc1. The van der Waals surface area contributed by atoms with Gasteiger partial charge >= 0.3 is 0 Å². The van der Waals surface area contributed by atoms with Crippen LogP contribution in [0.15, 0.2) is 24.3 Å². The molecule has 0 spiro atoms. The highest BCUT2D eigenvalue weighted by atomic mass is 127. The Bertz CT molecular complexity index is 230. The fraction of sp³-hybridized carbons (Fsp3) is 0.400. The summed E-state index contributed by atoms with van der Waals surface area (Å²) < 4.78 is 1.28. The van der Waals surface area contributed by atoms with Crippen LogP contribution in [0.25, 0.3) is 0 Å². The molecule has 0 aliphatic rings. The van der Waals surface area contributed by atoms with Crippen LogP contribution in [0.2, 0.25) is 0 Å². The zero-order valence-electron chi connectivity index (χ0n) is 7.06. The van der Waals surface area contributed by atoms with Crippen LogP contribution in [0.1, 0.15) is 18.9 Å².